The summed E-state index contributed by atoms with van der Waals surface area (Å²) in [6.07, 6.45) is -6.75. The SMILES string of the molecule is O=C1CC(c2ccc(CC(c3nc4ccccc4[nH]3)N(OC(=O)C(F)(F)F)S(=O)(=O)c3cccc(F)c3)cc2F)S(O)(O)N1. The molecule has 1 aromatic heterocycles. The summed E-state index contributed by atoms with van der Waals surface area (Å²) in [5, 5.41) is -1.34. The molecule has 2 unspecified atom stereocenters. The maximum atomic E-state index is 15.3. The van der Waals surface area contributed by atoms with Crippen LogP contribution in [-0.4, -0.2) is 50.0 Å². The summed E-state index contributed by atoms with van der Waals surface area (Å²) in [5.41, 5.74) is 0.249. The molecule has 2 atom stereocenters. The van der Waals surface area contributed by atoms with Crippen LogP contribution in [0.4, 0.5) is 22.0 Å². The van der Waals surface area contributed by atoms with Crippen molar-refractivity contribution in [1.82, 2.24) is 19.2 Å². The standard InChI is InChI=1S/C26H21F5N4O7S2/c27-15-4-3-5-16(12-15)44(40,41)35(42-25(37)26(29,30)31)21(24-32-19-6-1-2-7-20(19)33-24)11-14-8-9-17(18(28)10-14)22-13-23(36)34-43(22,38)39/h1-10,12,21-22,38-39H,11,13H2,(H,32,33)(H,34,36). The summed E-state index contributed by atoms with van der Waals surface area (Å²) in [4.78, 5) is 34.3. The van der Waals surface area contributed by atoms with Gasteiger partial charge in [0.15, 0.2) is 0 Å². The number of amides is 1. The number of fused-ring (bicyclic) bond motifs is 1. The average Bonchev–Trinajstić information content (AvgIpc) is 3.48. The molecule has 11 nitrogen and oxygen atoms in total. The van der Waals surface area contributed by atoms with E-state index in [2.05, 4.69) is 14.8 Å². The van der Waals surface area contributed by atoms with Crippen LogP contribution < -0.4 is 4.72 Å². The zero-order valence-electron chi connectivity index (χ0n) is 22.0. The zero-order chi connectivity index (χ0) is 32.0. The van der Waals surface area contributed by atoms with Gasteiger partial charge in [0, 0.05) is 5.56 Å². The van der Waals surface area contributed by atoms with E-state index in [1.54, 1.807) is 12.1 Å². The minimum Gasteiger partial charge on any atom is -0.344 e. The molecule has 1 fully saturated rings. The third-order valence-electron chi connectivity index (χ3n) is 6.59. The molecular weight excluding hydrogens is 639 g/mol. The first kappa shape index (κ1) is 31.3. The van der Waals surface area contributed by atoms with Crippen molar-refractivity contribution in [3.63, 3.8) is 0 Å². The number of hydrogen-bond donors (Lipinski definition) is 4. The van der Waals surface area contributed by atoms with Gasteiger partial charge >= 0.3 is 12.1 Å². The van der Waals surface area contributed by atoms with Crippen molar-refractivity contribution in [3.05, 3.63) is 95.3 Å². The lowest BCUT2D eigenvalue weighted by Gasteiger charge is -2.33. The third kappa shape index (κ3) is 6.25. The number of alkyl halides is 3. The van der Waals surface area contributed by atoms with E-state index in [1.807, 2.05) is 4.72 Å². The Balaban J connectivity index is 1.63. The van der Waals surface area contributed by atoms with Gasteiger partial charge in [-0.2, -0.15) is 13.2 Å². The van der Waals surface area contributed by atoms with Gasteiger partial charge in [-0.1, -0.05) is 30.3 Å². The van der Waals surface area contributed by atoms with E-state index in [1.165, 1.54) is 18.2 Å². The molecule has 44 heavy (non-hydrogen) atoms. The number of hydroxylamine groups is 1. The first-order valence-corrected chi connectivity index (χ1v) is 15.5. The highest BCUT2D eigenvalue weighted by Crippen LogP contribution is 2.56. The van der Waals surface area contributed by atoms with Crippen LogP contribution in [0.5, 0.6) is 0 Å². The first-order chi connectivity index (χ1) is 20.6. The Labute approximate surface area is 247 Å². The van der Waals surface area contributed by atoms with Crippen molar-refractivity contribution in [2.45, 2.75) is 35.2 Å². The number of benzene rings is 3. The Bertz CT molecular complexity index is 1830. The number of aromatic nitrogens is 2. The second kappa shape index (κ2) is 11.4. The largest absolute Gasteiger partial charge is 0.492 e. The minimum absolute atomic E-state index is 0.0621. The van der Waals surface area contributed by atoms with Crippen molar-refractivity contribution in [3.8, 4) is 0 Å². The smallest absolute Gasteiger partial charge is 0.344 e. The Hall–Kier alpha value is -4.10. The van der Waals surface area contributed by atoms with Crippen LogP contribution in [0.25, 0.3) is 11.0 Å². The number of imidazole rings is 1. The van der Waals surface area contributed by atoms with Gasteiger partial charge in [-0.05, 0) is 52.9 Å². The minimum atomic E-state index is -5.65. The number of nitrogens with zero attached hydrogens (tertiary/aromatic N) is 2. The number of sulfonamides is 1. The number of halogens is 5. The molecule has 0 spiro atoms. The van der Waals surface area contributed by atoms with E-state index < -0.39 is 79.5 Å². The highest BCUT2D eigenvalue weighted by molar-refractivity contribution is 8.23. The molecule has 3 aromatic carbocycles. The average molecular weight is 661 g/mol. The van der Waals surface area contributed by atoms with Crippen molar-refractivity contribution in [2.75, 3.05) is 0 Å². The highest BCUT2D eigenvalue weighted by Gasteiger charge is 2.47. The summed E-state index contributed by atoms with van der Waals surface area (Å²) >= 11 is 0. The molecule has 0 aliphatic carbocycles. The zero-order valence-corrected chi connectivity index (χ0v) is 23.6. The lowest BCUT2D eigenvalue weighted by molar-refractivity contribution is -0.227. The number of rotatable bonds is 8. The van der Waals surface area contributed by atoms with Crippen molar-refractivity contribution in [1.29, 1.82) is 0 Å². The summed E-state index contributed by atoms with van der Waals surface area (Å²) in [6, 6.07) is 10.7. The van der Waals surface area contributed by atoms with Crippen LogP contribution in [0.1, 0.15) is 34.7 Å². The summed E-state index contributed by atoms with van der Waals surface area (Å²) in [6.45, 7) is 0. The topological polar surface area (TPSA) is 162 Å². The lowest BCUT2D eigenvalue weighted by Crippen LogP contribution is -2.42. The monoisotopic (exact) mass is 660 g/mol. The van der Waals surface area contributed by atoms with E-state index in [0.29, 0.717) is 11.6 Å². The molecule has 18 heteroatoms. The molecule has 1 aliphatic rings. The maximum Gasteiger partial charge on any atom is 0.492 e. The Morgan fingerprint density at radius 2 is 1.82 bits per heavy atom. The van der Waals surface area contributed by atoms with Crippen molar-refractivity contribution in [2.24, 2.45) is 0 Å². The van der Waals surface area contributed by atoms with Crippen LogP contribution in [0.2, 0.25) is 0 Å². The summed E-state index contributed by atoms with van der Waals surface area (Å²) in [5.74, 6) is -6.06. The molecule has 5 rings (SSSR count). The number of nitrogens with one attached hydrogen (secondary N) is 2. The molecule has 0 saturated carbocycles. The quantitative estimate of drug-likeness (QED) is 0.151. The molecule has 4 aromatic rings. The van der Waals surface area contributed by atoms with Crippen LogP contribution in [0.15, 0.2) is 71.6 Å². The normalized spacial score (nSPS) is 18.3. The van der Waals surface area contributed by atoms with Gasteiger partial charge in [0.2, 0.25) is 5.91 Å². The second-order valence-electron chi connectivity index (χ2n) is 9.62. The van der Waals surface area contributed by atoms with Gasteiger partial charge in [-0.25, -0.2) is 27.0 Å². The molecule has 234 valence electrons. The molecule has 1 amide bonds. The fraction of sp³-hybridized carbons (Fsp3) is 0.192. The van der Waals surface area contributed by atoms with Gasteiger partial charge in [0.05, 0.1) is 22.3 Å². The van der Waals surface area contributed by atoms with Gasteiger partial charge < -0.3 is 9.82 Å². The van der Waals surface area contributed by atoms with E-state index in [9.17, 15) is 44.7 Å². The Morgan fingerprint density at radius 1 is 1.09 bits per heavy atom. The third-order valence-corrected chi connectivity index (χ3v) is 9.98. The maximum absolute atomic E-state index is 15.3. The number of carbonyl (C=O) groups is 2. The fourth-order valence-corrected chi connectivity index (χ4v) is 7.47. The molecule has 4 N–H and O–H groups in total. The van der Waals surface area contributed by atoms with E-state index >= 15 is 4.39 Å². The predicted octanol–water partition coefficient (Wildman–Crippen LogP) is 5.06. The Kier molecular flexibility index (Phi) is 8.14. The van der Waals surface area contributed by atoms with E-state index in [-0.39, 0.29) is 26.9 Å². The molecule has 1 aliphatic heterocycles. The van der Waals surface area contributed by atoms with Gasteiger partial charge in [-0.3, -0.25) is 18.6 Å². The van der Waals surface area contributed by atoms with Crippen LogP contribution in [-0.2, 0) is 30.9 Å². The van der Waals surface area contributed by atoms with Crippen molar-refractivity contribution < 1.29 is 53.9 Å². The molecular formula is C26H21F5N4O7S2. The van der Waals surface area contributed by atoms with Gasteiger partial charge in [-0.15, -0.1) is 10.8 Å². The first-order valence-electron chi connectivity index (χ1n) is 12.5. The van der Waals surface area contributed by atoms with E-state index in [0.717, 1.165) is 30.3 Å². The lowest BCUT2D eigenvalue weighted by atomic mass is 10.0. The summed E-state index contributed by atoms with van der Waals surface area (Å²) < 4.78 is 119. The van der Waals surface area contributed by atoms with Crippen LogP contribution in [0.3, 0.4) is 0 Å². The van der Waals surface area contributed by atoms with Crippen molar-refractivity contribution >= 4 is 43.7 Å². The highest BCUT2D eigenvalue weighted by atomic mass is 32.3. The molecule has 0 bridgehead atoms. The fourth-order valence-electron chi connectivity index (χ4n) is 4.58. The van der Waals surface area contributed by atoms with Gasteiger partial charge in [0.1, 0.15) is 28.8 Å². The predicted molar refractivity (Wildman–Crippen MR) is 145 cm³/mol. The second-order valence-corrected chi connectivity index (χ2v) is 13.4. The van der Waals surface area contributed by atoms with Crippen LogP contribution >= 0.6 is 10.8 Å². The molecule has 2 heterocycles. The summed E-state index contributed by atoms with van der Waals surface area (Å²) in [7, 11) is -8.99. The number of aromatic amines is 1. The Morgan fingerprint density at radius 3 is 2.43 bits per heavy atom. The van der Waals surface area contributed by atoms with Gasteiger partial charge in [0.25, 0.3) is 10.0 Å². The number of carbonyl (C=O) groups excluding carboxylic acids is 2. The molecule has 1 saturated heterocycles. The number of hydrogen-bond acceptors (Lipinski definition) is 8. The number of H-pyrrole nitrogens is 1. The number of para-hydroxylation sites is 2. The molecule has 0 radical (unpaired) electrons. The van der Waals surface area contributed by atoms with Crippen LogP contribution in [0, 0.1) is 11.6 Å². The van der Waals surface area contributed by atoms with E-state index in [4.69, 9.17) is 0 Å².